The van der Waals surface area contributed by atoms with Gasteiger partial charge in [-0.15, -0.1) is 0 Å². The number of hydrogen-bond donors (Lipinski definition) is 0. The average molecular weight is 561 g/mol. The molecule has 0 N–H and O–H groups in total. The van der Waals surface area contributed by atoms with Crippen molar-refractivity contribution in [1.29, 1.82) is 0 Å². The van der Waals surface area contributed by atoms with Crippen LogP contribution in [0, 0.1) is 0 Å². The second-order valence-electron chi connectivity index (χ2n) is 9.56. The predicted octanol–water partition coefficient (Wildman–Crippen LogP) is 3.22. The third-order valence-electron chi connectivity index (χ3n) is 6.32. The van der Waals surface area contributed by atoms with E-state index in [1.807, 2.05) is 0 Å². The highest BCUT2D eigenvalue weighted by Gasteiger charge is 2.18. The molecule has 0 aromatic heterocycles. The van der Waals surface area contributed by atoms with Crippen molar-refractivity contribution in [2.24, 2.45) is 0 Å². The topological polar surface area (TPSA) is 37.4 Å². The van der Waals surface area contributed by atoms with E-state index >= 15 is 0 Å². The maximum absolute atomic E-state index is 12.4. The lowest BCUT2D eigenvalue weighted by molar-refractivity contribution is -0.888. The third kappa shape index (κ3) is 19.3. The van der Waals surface area contributed by atoms with Crippen molar-refractivity contribution in [2.75, 3.05) is 46.5 Å². The van der Waals surface area contributed by atoms with E-state index in [2.05, 4.69) is 27.9 Å². The first-order valence-electron chi connectivity index (χ1n) is 12.5. The Balaban J connectivity index is 0. The van der Waals surface area contributed by atoms with Gasteiger partial charge in [-0.05, 0) is 13.3 Å². The van der Waals surface area contributed by atoms with E-state index in [9.17, 15) is 8.42 Å². The zero-order valence-corrected chi connectivity index (χ0v) is 23.9. The van der Waals surface area contributed by atoms with Gasteiger partial charge in [0.2, 0.25) is 10.0 Å². The molecule has 184 valence electrons. The zero-order chi connectivity index (χ0) is 22.0. The first-order chi connectivity index (χ1) is 13.7. The highest BCUT2D eigenvalue weighted by molar-refractivity contribution is 7.89. The summed E-state index contributed by atoms with van der Waals surface area (Å²) in [6.07, 6.45) is 19.0. The Bertz CT molecular complexity index is 470. The fourth-order valence-corrected chi connectivity index (χ4v) is 4.94. The lowest BCUT2D eigenvalue weighted by Crippen LogP contribution is -3.00. The minimum atomic E-state index is -3.07. The number of rotatable bonds is 21. The van der Waals surface area contributed by atoms with Gasteiger partial charge in [-0.3, -0.25) is 0 Å². The van der Waals surface area contributed by atoms with E-state index < -0.39 is 10.0 Å². The van der Waals surface area contributed by atoms with Crippen LogP contribution in [0.2, 0.25) is 0 Å². The number of nitrogens with zero attached hydrogens (tertiary/aromatic N) is 2. The summed E-state index contributed by atoms with van der Waals surface area (Å²) < 4.78 is 27.3. The van der Waals surface area contributed by atoms with Gasteiger partial charge in [0, 0.05) is 20.0 Å². The molecular weight excluding hydrogens is 507 g/mol. The fourth-order valence-electron chi connectivity index (χ4n) is 3.65. The van der Waals surface area contributed by atoms with Crippen molar-refractivity contribution in [3.8, 4) is 0 Å². The molecule has 0 rings (SSSR count). The van der Waals surface area contributed by atoms with Crippen LogP contribution < -0.4 is 24.0 Å². The van der Waals surface area contributed by atoms with Crippen LogP contribution in [-0.2, 0) is 10.0 Å². The second kappa shape index (κ2) is 20.2. The zero-order valence-electron chi connectivity index (χ0n) is 20.9. The van der Waals surface area contributed by atoms with Crippen molar-refractivity contribution in [3.05, 3.63) is 0 Å². The van der Waals surface area contributed by atoms with Gasteiger partial charge in [-0.25, -0.2) is 12.7 Å². The van der Waals surface area contributed by atoms with Gasteiger partial charge < -0.3 is 28.5 Å². The van der Waals surface area contributed by atoms with Crippen LogP contribution in [-0.4, -0.2) is 63.7 Å². The van der Waals surface area contributed by atoms with Crippen LogP contribution in [0.25, 0.3) is 0 Å². The summed E-state index contributed by atoms with van der Waals surface area (Å²) in [5.41, 5.74) is 0. The molecule has 0 spiro atoms. The van der Waals surface area contributed by atoms with Crippen LogP contribution in [0.1, 0.15) is 110 Å². The molecule has 0 saturated heterocycles. The monoisotopic (exact) mass is 560 g/mol. The lowest BCUT2D eigenvalue weighted by atomic mass is 10.0. The molecule has 0 aliphatic rings. The van der Waals surface area contributed by atoms with E-state index in [0.717, 1.165) is 36.8 Å². The molecular formula is C24H53IN2O2S. The number of quaternary nitrogens is 1. The summed E-state index contributed by atoms with van der Waals surface area (Å²) >= 11 is 0. The maximum atomic E-state index is 12.4. The van der Waals surface area contributed by atoms with Crippen molar-refractivity contribution < 1.29 is 36.9 Å². The van der Waals surface area contributed by atoms with Crippen LogP contribution >= 0.6 is 0 Å². The number of hydrogen-bond acceptors (Lipinski definition) is 2. The number of unbranched alkanes of at least 4 members (excludes halogenated alkanes) is 13. The first-order valence-corrected chi connectivity index (χ1v) is 14.1. The quantitative estimate of drug-likeness (QED) is 0.123. The lowest BCUT2D eigenvalue weighted by Gasteiger charge is -2.29. The third-order valence-corrected chi connectivity index (χ3v) is 8.26. The Morgan fingerprint density at radius 2 is 1.07 bits per heavy atom. The molecule has 0 bridgehead atoms. The van der Waals surface area contributed by atoms with Crippen LogP contribution in [0.15, 0.2) is 0 Å². The predicted molar refractivity (Wildman–Crippen MR) is 129 cm³/mol. The highest BCUT2D eigenvalue weighted by atomic mass is 127. The van der Waals surface area contributed by atoms with Gasteiger partial charge in [0.1, 0.15) is 0 Å². The first kappa shape index (κ1) is 32.8. The number of halogens is 1. The summed E-state index contributed by atoms with van der Waals surface area (Å²) in [6, 6.07) is 0. The second-order valence-corrected chi connectivity index (χ2v) is 11.8. The van der Waals surface area contributed by atoms with Gasteiger partial charge in [0.15, 0.2) is 0 Å². The van der Waals surface area contributed by atoms with Gasteiger partial charge in [-0.2, -0.15) is 0 Å². The molecule has 0 radical (unpaired) electrons. The minimum Gasteiger partial charge on any atom is -1.00 e. The summed E-state index contributed by atoms with van der Waals surface area (Å²) in [4.78, 5) is 0. The smallest absolute Gasteiger partial charge is 0.213 e. The Morgan fingerprint density at radius 3 is 1.47 bits per heavy atom. The average Bonchev–Trinajstić information content (AvgIpc) is 2.68. The fraction of sp³-hybridized carbons (Fsp3) is 1.00. The van der Waals surface area contributed by atoms with Gasteiger partial charge in [-0.1, -0.05) is 90.4 Å². The summed E-state index contributed by atoms with van der Waals surface area (Å²) in [6.45, 7) is 7.19. The molecule has 30 heavy (non-hydrogen) atoms. The summed E-state index contributed by atoms with van der Waals surface area (Å²) in [7, 11) is 3.06. The van der Waals surface area contributed by atoms with Crippen molar-refractivity contribution in [3.63, 3.8) is 0 Å². The highest BCUT2D eigenvalue weighted by Crippen LogP contribution is 2.13. The van der Waals surface area contributed by atoms with E-state index in [4.69, 9.17) is 0 Å². The molecule has 4 nitrogen and oxygen atoms in total. The van der Waals surface area contributed by atoms with Gasteiger partial charge >= 0.3 is 0 Å². The Kier molecular flexibility index (Phi) is 22.1. The molecule has 0 atom stereocenters. The Labute approximate surface area is 207 Å². The standard InChI is InChI=1S/C24H53N2O2S.HI/c1-6-8-9-10-11-12-13-14-15-16-17-18-19-20-24-29(27,28)25(3)22-21-23-26(4,5)7-2;/h6-24H2,1-5H3;1H/q+1;/p-1. The maximum Gasteiger partial charge on any atom is 0.213 e. The normalized spacial score (nSPS) is 12.3. The molecule has 0 aromatic rings. The molecule has 0 heterocycles. The summed E-state index contributed by atoms with van der Waals surface area (Å²) in [5.74, 6) is 0.313. The SMILES string of the molecule is CCCCCCCCCCCCCCCCS(=O)(=O)N(C)CCC[N+](C)(C)CC.[I-]. The van der Waals surface area contributed by atoms with E-state index in [1.165, 1.54) is 77.0 Å². The largest absolute Gasteiger partial charge is 1.00 e. The van der Waals surface area contributed by atoms with E-state index in [1.54, 1.807) is 11.4 Å². The van der Waals surface area contributed by atoms with E-state index in [-0.39, 0.29) is 24.0 Å². The molecule has 0 saturated carbocycles. The minimum absolute atomic E-state index is 0. The Morgan fingerprint density at radius 1 is 0.667 bits per heavy atom. The molecule has 0 amide bonds. The molecule has 6 heteroatoms. The van der Waals surface area contributed by atoms with Crippen LogP contribution in [0.3, 0.4) is 0 Å². The molecule has 0 aromatic carbocycles. The summed E-state index contributed by atoms with van der Waals surface area (Å²) in [5, 5.41) is 0. The molecule has 0 aliphatic carbocycles. The van der Waals surface area contributed by atoms with Gasteiger partial charge in [0.05, 0.1) is 32.9 Å². The van der Waals surface area contributed by atoms with Crippen LogP contribution in [0.4, 0.5) is 0 Å². The molecule has 0 fully saturated rings. The van der Waals surface area contributed by atoms with Crippen molar-refractivity contribution >= 4 is 10.0 Å². The molecule has 0 unspecified atom stereocenters. The van der Waals surface area contributed by atoms with E-state index in [0.29, 0.717) is 12.3 Å². The Hall–Kier alpha value is 0.600. The molecule has 0 aliphatic heterocycles. The number of sulfonamides is 1. The van der Waals surface area contributed by atoms with Crippen molar-refractivity contribution in [1.82, 2.24) is 4.31 Å². The van der Waals surface area contributed by atoms with Crippen LogP contribution in [0.5, 0.6) is 0 Å². The van der Waals surface area contributed by atoms with Crippen molar-refractivity contribution in [2.45, 2.75) is 110 Å². The van der Waals surface area contributed by atoms with Gasteiger partial charge in [0.25, 0.3) is 0 Å².